The van der Waals surface area contributed by atoms with Gasteiger partial charge in [0.05, 0.1) is 48.6 Å². The van der Waals surface area contributed by atoms with Crippen LogP contribution in [-0.4, -0.2) is 46.3 Å². The molecule has 0 bridgehead atoms. The van der Waals surface area contributed by atoms with E-state index >= 15 is 0 Å². The molecule has 2 heterocycles. The molecule has 0 unspecified atom stereocenters. The first-order valence-electron chi connectivity index (χ1n) is 11.5. The SMILES string of the molecule is Cc1nc(CC(=O)N[C@H]2C[C@@H](O)C2)c(C2OCCO2)c(N[C@H](C)c2cccc(C(F)(F)F)c2C)n1. The average Bonchev–Trinajstić information content (AvgIpc) is 3.26. The molecule has 1 aliphatic carbocycles. The minimum Gasteiger partial charge on any atom is -0.393 e. The second-order valence-corrected chi connectivity index (χ2v) is 9.00. The number of aromatic nitrogens is 2. The number of carbonyl (C=O) groups excluding carboxylic acids is 1. The van der Waals surface area contributed by atoms with Crippen LogP contribution < -0.4 is 10.6 Å². The predicted octanol–water partition coefficient (Wildman–Crippen LogP) is 3.51. The van der Waals surface area contributed by atoms with E-state index in [-0.39, 0.29) is 23.9 Å². The zero-order valence-corrected chi connectivity index (χ0v) is 19.8. The van der Waals surface area contributed by atoms with Gasteiger partial charge in [-0.1, -0.05) is 12.1 Å². The molecule has 1 amide bonds. The van der Waals surface area contributed by atoms with Crippen molar-refractivity contribution in [2.75, 3.05) is 18.5 Å². The van der Waals surface area contributed by atoms with Gasteiger partial charge < -0.3 is 25.2 Å². The number of anilines is 1. The Kier molecular flexibility index (Phi) is 7.30. The maximum absolute atomic E-state index is 13.4. The fourth-order valence-electron chi connectivity index (χ4n) is 4.51. The van der Waals surface area contributed by atoms with Gasteiger partial charge in [-0.3, -0.25) is 4.79 Å². The topological polar surface area (TPSA) is 106 Å². The number of rotatable bonds is 7. The summed E-state index contributed by atoms with van der Waals surface area (Å²) in [6.45, 7) is 5.57. The Morgan fingerprint density at radius 2 is 1.89 bits per heavy atom. The Hall–Kier alpha value is -2.76. The molecule has 35 heavy (non-hydrogen) atoms. The van der Waals surface area contributed by atoms with Crippen molar-refractivity contribution >= 4 is 11.7 Å². The molecule has 1 aromatic carbocycles. The molecule has 8 nitrogen and oxygen atoms in total. The zero-order chi connectivity index (χ0) is 25.3. The number of halogens is 3. The summed E-state index contributed by atoms with van der Waals surface area (Å²) in [5.74, 6) is 0.478. The largest absolute Gasteiger partial charge is 0.416 e. The number of hydrogen-bond donors (Lipinski definition) is 3. The lowest BCUT2D eigenvalue weighted by Crippen LogP contribution is -2.47. The minimum absolute atomic E-state index is 0.0554. The van der Waals surface area contributed by atoms with Crippen LogP contribution in [0, 0.1) is 13.8 Å². The van der Waals surface area contributed by atoms with Crippen LogP contribution in [0.5, 0.6) is 0 Å². The van der Waals surface area contributed by atoms with E-state index < -0.39 is 30.2 Å². The summed E-state index contributed by atoms with van der Waals surface area (Å²) >= 11 is 0. The molecular weight excluding hydrogens is 465 g/mol. The molecule has 4 rings (SSSR count). The second kappa shape index (κ2) is 10.1. The number of benzene rings is 1. The van der Waals surface area contributed by atoms with Gasteiger partial charge in [0, 0.05) is 6.04 Å². The van der Waals surface area contributed by atoms with Gasteiger partial charge in [0.25, 0.3) is 0 Å². The van der Waals surface area contributed by atoms with Crippen LogP contribution in [0.25, 0.3) is 0 Å². The van der Waals surface area contributed by atoms with Gasteiger partial charge >= 0.3 is 6.18 Å². The number of hydrogen-bond acceptors (Lipinski definition) is 7. The van der Waals surface area contributed by atoms with E-state index in [2.05, 4.69) is 20.6 Å². The molecule has 2 fully saturated rings. The van der Waals surface area contributed by atoms with Gasteiger partial charge in [0.1, 0.15) is 11.6 Å². The molecule has 11 heteroatoms. The van der Waals surface area contributed by atoms with Gasteiger partial charge in [-0.2, -0.15) is 13.2 Å². The number of ether oxygens (including phenoxy) is 2. The highest BCUT2D eigenvalue weighted by Gasteiger charge is 2.34. The van der Waals surface area contributed by atoms with Gasteiger partial charge in [-0.25, -0.2) is 9.97 Å². The molecule has 190 valence electrons. The maximum Gasteiger partial charge on any atom is 0.416 e. The summed E-state index contributed by atoms with van der Waals surface area (Å²) in [5.41, 5.74) is 0.774. The summed E-state index contributed by atoms with van der Waals surface area (Å²) < 4.78 is 51.7. The molecule has 1 aromatic heterocycles. The Morgan fingerprint density at radius 1 is 1.20 bits per heavy atom. The number of nitrogens with one attached hydrogen (secondary N) is 2. The smallest absolute Gasteiger partial charge is 0.393 e. The van der Waals surface area contributed by atoms with Crippen molar-refractivity contribution in [2.24, 2.45) is 0 Å². The Morgan fingerprint density at radius 3 is 2.51 bits per heavy atom. The van der Waals surface area contributed by atoms with Crippen molar-refractivity contribution in [1.29, 1.82) is 0 Å². The summed E-state index contributed by atoms with van der Waals surface area (Å²) in [7, 11) is 0. The summed E-state index contributed by atoms with van der Waals surface area (Å²) in [6.07, 6.45) is -4.69. The Labute approximate surface area is 201 Å². The van der Waals surface area contributed by atoms with Crippen molar-refractivity contribution in [1.82, 2.24) is 15.3 Å². The minimum atomic E-state index is -4.46. The van der Waals surface area contributed by atoms with E-state index in [0.29, 0.717) is 54.5 Å². The number of amides is 1. The van der Waals surface area contributed by atoms with Crippen molar-refractivity contribution in [2.45, 2.75) is 70.7 Å². The highest BCUT2D eigenvalue weighted by atomic mass is 19.4. The molecule has 0 radical (unpaired) electrons. The third kappa shape index (κ3) is 5.74. The molecule has 1 aliphatic heterocycles. The Bertz CT molecular complexity index is 1080. The van der Waals surface area contributed by atoms with Crippen LogP contribution in [-0.2, 0) is 26.9 Å². The Balaban J connectivity index is 1.63. The van der Waals surface area contributed by atoms with Gasteiger partial charge in [-0.05, 0) is 50.8 Å². The van der Waals surface area contributed by atoms with E-state index in [1.54, 1.807) is 19.9 Å². The number of nitrogens with zero attached hydrogens (tertiary/aromatic N) is 2. The molecule has 3 N–H and O–H groups in total. The normalized spacial score (nSPS) is 21.5. The van der Waals surface area contributed by atoms with E-state index in [9.17, 15) is 23.1 Å². The average molecular weight is 495 g/mol. The first-order chi connectivity index (χ1) is 16.5. The molecule has 1 saturated heterocycles. The second-order valence-electron chi connectivity index (χ2n) is 9.00. The third-order valence-electron chi connectivity index (χ3n) is 6.30. The van der Waals surface area contributed by atoms with E-state index in [1.807, 2.05) is 0 Å². The van der Waals surface area contributed by atoms with Gasteiger partial charge in [0.15, 0.2) is 6.29 Å². The molecule has 2 aliphatic rings. The number of aliphatic hydroxyl groups is 1. The monoisotopic (exact) mass is 494 g/mol. The highest BCUT2D eigenvalue weighted by Crippen LogP contribution is 2.37. The van der Waals surface area contributed by atoms with E-state index in [1.165, 1.54) is 13.0 Å². The number of aliphatic hydroxyl groups excluding tert-OH is 1. The molecule has 2 aromatic rings. The summed E-state index contributed by atoms with van der Waals surface area (Å²) in [4.78, 5) is 21.6. The summed E-state index contributed by atoms with van der Waals surface area (Å²) in [5, 5.41) is 15.5. The van der Waals surface area contributed by atoms with Crippen LogP contribution in [0.1, 0.15) is 65.9 Å². The number of carbonyl (C=O) groups is 1. The lowest BCUT2D eigenvalue weighted by atomic mass is 9.89. The van der Waals surface area contributed by atoms with Crippen LogP contribution in [0.15, 0.2) is 18.2 Å². The van der Waals surface area contributed by atoms with Crippen LogP contribution in [0.3, 0.4) is 0 Å². The van der Waals surface area contributed by atoms with Crippen molar-refractivity contribution in [3.63, 3.8) is 0 Å². The van der Waals surface area contributed by atoms with E-state index in [0.717, 1.165) is 6.07 Å². The number of alkyl halides is 3. The summed E-state index contributed by atoms with van der Waals surface area (Å²) in [6, 6.07) is 3.46. The number of aryl methyl sites for hydroxylation is 1. The quantitative estimate of drug-likeness (QED) is 0.541. The molecule has 0 spiro atoms. The first kappa shape index (κ1) is 25.3. The van der Waals surface area contributed by atoms with Crippen LogP contribution in [0.2, 0.25) is 0 Å². The first-order valence-corrected chi connectivity index (χ1v) is 11.5. The third-order valence-corrected chi connectivity index (χ3v) is 6.30. The van der Waals surface area contributed by atoms with Crippen molar-refractivity contribution < 1.29 is 32.5 Å². The van der Waals surface area contributed by atoms with Gasteiger partial charge in [-0.15, -0.1) is 0 Å². The standard InChI is InChI=1S/C24H29F3N4O4/c1-12-17(5-4-6-18(12)24(25,26)27)13(2)28-22-21(23-34-7-8-35-23)19(29-14(3)30-22)11-20(33)31-15-9-16(32)10-15/h4-6,13,15-16,23,32H,7-11H2,1-3H3,(H,31,33)(H,28,29,30)/t13-,15-,16+/m1/s1. The predicted molar refractivity (Wildman–Crippen MR) is 121 cm³/mol. The fourth-order valence-corrected chi connectivity index (χ4v) is 4.51. The lowest BCUT2D eigenvalue weighted by molar-refractivity contribution is -0.138. The van der Waals surface area contributed by atoms with Gasteiger partial charge in [0.2, 0.25) is 5.91 Å². The zero-order valence-electron chi connectivity index (χ0n) is 19.8. The van der Waals surface area contributed by atoms with Crippen molar-refractivity contribution in [3.05, 3.63) is 52.0 Å². The molecule has 1 saturated carbocycles. The van der Waals surface area contributed by atoms with Crippen molar-refractivity contribution in [3.8, 4) is 0 Å². The van der Waals surface area contributed by atoms with Crippen LogP contribution >= 0.6 is 0 Å². The molecule has 1 atom stereocenters. The highest BCUT2D eigenvalue weighted by molar-refractivity contribution is 5.79. The fraction of sp³-hybridized carbons (Fsp3) is 0.542. The lowest BCUT2D eigenvalue weighted by Gasteiger charge is -2.32. The maximum atomic E-state index is 13.4. The molecular formula is C24H29F3N4O4. The van der Waals surface area contributed by atoms with Crippen LogP contribution in [0.4, 0.5) is 19.0 Å². The van der Waals surface area contributed by atoms with E-state index in [4.69, 9.17) is 9.47 Å².